The van der Waals surface area contributed by atoms with E-state index in [1.807, 2.05) is 61.6 Å². The molecule has 2 aromatic carbocycles. The van der Waals surface area contributed by atoms with Crippen molar-refractivity contribution >= 4 is 28.4 Å². The standard InChI is InChI=1S/C24H22ClN3O/c1-28-16-22(20-10-2-3-11-23(20)28)21(17-7-6-8-18(25)13-17)14-24(29)27-15-19-9-4-5-12-26-19/h2-13,16,21H,14-15H2,1H3,(H,27,29). The number of amides is 1. The summed E-state index contributed by atoms with van der Waals surface area (Å²) in [4.78, 5) is 17.1. The van der Waals surface area contributed by atoms with Crippen molar-refractivity contribution in [3.63, 3.8) is 0 Å². The van der Waals surface area contributed by atoms with Gasteiger partial charge in [-0.2, -0.15) is 0 Å². The fraction of sp³-hybridized carbons (Fsp3) is 0.167. The molecule has 4 rings (SSSR count). The van der Waals surface area contributed by atoms with Gasteiger partial charge in [-0.3, -0.25) is 9.78 Å². The first kappa shape index (κ1) is 19.2. The molecule has 2 heterocycles. The van der Waals surface area contributed by atoms with Crippen LogP contribution in [0.2, 0.25) is 5.02 Å². The number of carbonyl (C=O) groups excluding carboxylic acids is 1. The molecule has 1 atom stereocenters. The predicted octanol–water partition coefficient (Wildman–Crippen LogP) is 5.07. The Balaban J connectivity index is 1.65. The molecule has 1 unspecified atom stereocenters. The molecule has 5 heteroatoms. The zero-order valence-electron chi connectivity index (χ0n) is 16.2. The van der Waals surface area contributed by atoms with Gasteiger partial charge in [0.05, 0.1) is 12.2 Å². The molecule has 0 spiro atoms. The van der Waals surface area contributed by atoms with Crippen molar-refractivity contribution in [3.05, 3.63) is 101 Å². The molecule has 0 aliphatic heterocycles. The Kier molecular flexibility index (Phi) is 5.63. The van der Waals surface area contributed by atoms with Crippen LogP contribution in [0.15, 0.2) is 79.1 Å². The Hall–Kier alpha value is -3.11. The molecule has 146 valence electrons. The van der Waals surface area contributed by atoms with Gasteiger partial charge in [0, 0.05) is 47.7 Å². The highest BCUT2D eigenvalue weighted by Gasteiger charge is 2.22. The Morgan fingerprint density at radius 1 is 1.10 bits per heavy atom. The lowest BCUT2D eigenvalue weighted by Crippen LogP contribution is -2.25. The van der Waals surface area contributed by atoms with Crippen molar-refractivity contribution in [3.8, 4) is 0 Å². The summed E-state index contributed by atoms with van der Waals surface area (Å²) in [6, 6.07) is 21.7. The van der Waals surface area contributed by atoms with Crippen LogP contribution in [0.1, 0.15) is 29.2 Å². The van der Waals surface area contributed by atoms with E-state index in [1.165, 1.54) is 0 Å². The summed E-state index contributed by atoms with van der Waals surface area (Å²) in [7, 11) is 2.03. The third kappa shape index (κ3) is 4.33. The molecule has 0 saturated carbocycles. The van der Waals surface area contributed by atoms with E-state index in [0.29, 0.717) is 18.0 Å². The van der Waals surface area contributed by atoms with Crippen molar-refractivity contribution in [2.45, 2.75) is 18.9 Å². The number of fused-ring (bicyclic) bond motifs is 1. The summed E-state index contributed by atoms with van der Waals surface area (Å²) in [5, 5.41) is 4.82. The Morgan fingerprint density at radius 2 is 1.93 bits per heavy atom. The van der Waals surface area contributed by atoms with E-state index >= 15 is 0 Å². The largest absolute Gasteiger partial charge is 0.350 e. The summed E-state index contributed by atoms with van der Waals surface area (Å²) < 4.78 is 2.11. The molecule has 0 fully saturated rings. The smallest absolute Gasteiger partial charge is 0.221 e. The average Bonchev–Trinajstić information content (AvgIpc) is 3.08. The van der Waals surface area contributed by atoms with E-state index in [4.69, 9.17) is 11.6 Å². The molecule has 1 amide bonds. The van der Waals surface area contributed by atoms with E-state index in [-0.39, 0.29) is 11.8 Å². The number of hydrogen-bond donors (Lipinski definition) is 1. The second-order valence-corrected chi connectivity index (χ2v) is 7.56. The number of rotatable bonds is 6. The molecular weight excluding hydrogens is 382 g/mol. The summed E-state index contributed by atoms with van der Waals surface area (Å²) in [6.45, 7) is 0.414. The van der Waals surface area contributed by atoms with E-state index in [0.717, 1.165) is 27.7 Å². The van der Waals surface area contributed by atoms with Crippen molar-refractivity contribution < 1.29 is 4.79 Å². The number of aromatic nitrogens is 2. The molecule has 29 heavy (non-hydrogen) atoms. The van der Waals surface area contributed by atoms with E-state index in [9.17, 15) is 4.79 Å². The van der Waals surface area contributed by atoms with Gasteiger partial charge in [-0.25, -0.2) is 0 Å². The van der Waals surface area contributed by atoms with Crippen LogP contribution in [-0.2, 0) is 18.4 Å². The second kappa shape index (κ2) is 8.50. The van der Waals surface area contributed by atoms with Gasteiger partial charge in [0.15, 0.2) is 0 Å². The van der Waals surface area contributed by atoms with Gasteiger partial charge in [0.25, 0.3) is 0 Å². The van der Waals surface area contributed by atoms with Gasteiger partial charge in [-0.1, -0.05) is 48.0 Å². The normalized spacial score (nSPS) is 12.1. The molecule has 0 bridgehead atoms. The van der Waals surface area contributed by atoms with Crippen molar-refractivity contribution in [1.29, 1.82) is 0 Å². The second-order valence-electron chi connectivity index (χ2n) is 7.12. The number of carbonyl (C=O) groups is 1. The van der Waals surface area contributed by atoms with Gasteiger partial charge in [0.2, 0.25) is 5.91 Å². The SMILES string of the molecule is Cn1cc(C(CC(=O)NCc2ccccn2)c2cccc(Cl)c2)c2ccccc21. The van der Waals surface area contributed by atoms with Crippen LogP contribution >= 0.6 is 11.6 Å². The van der Waals surface area contributed by atoms with Crippen LogP contribution in [-0.4, -0.2) is 15.5 Å². The first-order valence-electron chi connectivity index (χ1n) is 9.58. The predicted molar refractivity (Wildman–Crippen MR) is 117 cm³/mol. The summed E-state index contributed by atoms with van der Waals surface area (Å²) in [5.41, 5.74) is 4.13. The minimum atomic E-state index is -0.0940. The Bertz CT molecular complexity index is 1140. The van der Waals surface area contributed by atoms with Crippen molar-refractivity contribution in [2.75, 3.05) is 0 Å². The maximum atomic E-state index is 12.8. The van der Waals surface area contributed by atoms with Crippen LogP contribution < -0.4 is 5.32 Å². The highest BCUT2D eigenvalue weighted by Crippen LogP contribution is 2.35. The third-order valence-corrected chi connectivity index (χ3v) is 5.37. The van der Waals surface area contributed by atoms with Crippen LogP contribution in [0.5, 0.6) is 0 Å². The van der Waals surface area contributed by atoms with Crippen LogP contribution in [0.3, 0.4) is 0 Å². The first-order chi connectivity index (χ1) is 14.1. The number of para-hydroxylation sites is 1. The van der Waals surface area contributed by atoms with Crippen LogP contribution in [0, 0.1) is 0 Å². The molecule has 1 N–H and O–H groups in total. The number of benzene rings is 2. The molecule has 2 aromatic heterocycles. The summed E-state index contributed by atoms with van der Waals surface area (Å²) in [6.07, 6.45) is 4.18. The van der Waals surface area contributed by atoms with Gasteiger partial charge >= 0.3 is 0 Å². The fourth-order valence-electron chi connectivity index (χ4n) is 3.73. The maximum Gasteiger partial charge on any atom is 0.221 e. The average molecular weight is 404 g/mol. The lowest BCUT2D eigenvalue weighted by molar-refractivity contribution is -0.121. The van der Waals surface area contributed by atoms with E-state index in [2.05, 4.69) is 33.2 Å². The lowest BCUT2D eigenvalue weighted by Gasteiger charge is -2.17. The number of nitrogens with one attached hydrogen (secondary N) is 1. The highest BCUT2D eigenvalue weighted by molar-refractivity contribution is 6.30. The van der Waals surface area contributed by atoms with Gasteiger partial charge < -0.3 is 9.88 Å². The molecule has 4 nitrogen and oxygen atoms in total. The van der Waals surface area contributed by atoms with Crippen LogP contribution in [0.4, 0.5) is 0 Å². The zero-order valence-corrected chi connectivity index (χ0v) is 16.9. The van der Waals surface area contributed by atoms with Crippen molar-refractivity contribution in [2.24, 2.45) is 7.05 Å². The number of halogens is 1. The third-order valence-electron chi connectivity index (χ3n) is 5.14. The number of aryl methyl sites for hydroxylation is 1. The zero-order chi connectivity index (χ0) is 20.2. The fourth-order valence-corrected chi connectivity index (χ4v) is 3.93. The minimum Gasteiger partial charge on any atom is -0.350 e. The van der Waals surface area contributed by atoms with E-state index in [1.54, 1.807) is 6.20 Å². The molecule has 0 radical (unpaired) electrons. The van der Waals surface area contributed by atoms with Crippen LogP contribution in [0.25, 0.3) is 10.9 Å². The molecule has 0 aliphatic carbocycles. The molecular formula is C24H22ClN3O. The number of pyridine rings is 1. The van der Waals surface area contributed by atoms with E-state index < -0.39 is 0 Å². The minimum absolute atomic E-state index is 0.0198. The van der Waals surface area contributed by atoms with Gasteiger partial charge in [-0.05, 0) is 41.5 Å². The molecule has 0 aliphatic rings. The Labute approximate surface area is 175 Å². The summed E-state index contributed by atoms with van der Waals surface area (Å²) in [5.74, 6) is -0.114. The quantitative estimate of drug-likeness (QED) is 0.488. The van der Waals surface area contributed by atoms with Gasteiger partial charge in [-0.15, -0.1) is 0 Å². The number of hydrogen-bond acceptors (Lipinski definition) is 2. The summed E-state index contributed by atoms with van der Waals surface area (Å²) >= 11 is 6.26. The number of nitrogens with zero attached hydrogens (tertiary/aromatic N) is 2. The topological polar surface area (TPSA) is 46.9 Å². The Morgan fingerprint density at radius 3 is 2.72 bits per heavy atom. The maximum absolute atomic E-state index is 12.8. The lowest BCUT2D eigenvalue weighted by atomic mass is 9.88. The molecule has 4 aromatic rings. The first-order valence-corrected chi connectivity index (χ1v) is 9.95. The van der Waals surface area contributed by atoms with Crippen molar-refractivity contribution in [1.82, 2.24) is 14.9 Å². The highest BCUT2D eigenvalue weighted by atomic mass is 35.5. The monoisotopic (exact) mass is 403 g/mol. The molecule has 0 saturated heterocycles. The van der Waals surface area contributed by atoms with Gasteiger partial charge in [0.1, 0.15) is 0 Å².